The molecule has 0 aromatic heterocycles. The molecule has 1 rings (SSSR count). The van der Waals surface area contributed by atoms with Crippen molar-refractivity contribution in [3.05, 3.63) is 29.8 Å². The average Bonchev–Trinajstić information content (AvgIpc) is 2.39. The molecule has 0 aliphatic carbocycles. The maximum Gasteiger partial charge on any atom is 0.381 e. The van der Waals surface area contributed by atoms with E-state index in [1.807, 2.05) is 6.92 Å². The lowest BCUT2D eigenvalue weighted by molar-refractivity contribution is -0.173. The SMILES string of the molecule is CCCCOc1cccc(C(F)(F)C(=O)OCC)c1. The minimum Gasteiger partial charge on any atom is -0.494 e. The summed E-state index contributed by atoms with van der Waals surface area (Å²) in [5, 5.41) is 0. The van der Waals surface area contributed by atoms with Crippen LogP contribution in [0.4, 0.5) is 8.78 Å². The van der Waals surface area contributed by atoms with Gasteiger partial charge in [0.1, 0.15) is 5.75 Å². The van der Waals surface area contributed by atoms with Crippen molar-refractivity contribution in [3.63, 3.8) is 0 Å². The fourth-order valence-electron chi connectivity index (χ4n) is 1.46. The van der Waals surface area contributed by atoms with Gasteiger partial charge in [0.2, 0.25) is 0 Å². The van der Waals surface area contributed by atoms with Crippen LogP contribution in [0, 0.1) is 0 Å². The van der Waals surface area contributed by atoms with Gasteiger partial charge in [-0.05, 0) is 25.5 Å². The molecule has 0 amide bonds. The van der Waals surface area contributed by atoms with Crippen LogP contribution >= 0.6 is 0 Å². The van der Waals surface area contributed by atoms with Crippen LogP contribution in [-0.4, -0.2) is 19.2 Å². The number of carbonyl (C=O) groups excluding carboxylic acids is 1. The number of ether oxygens (including phenoxy) is 2. The molecule has 0 spiro atoms. The van der Waals surface area contributed by atoms with Crippen LogP contribution in [0.2, 0.25) is 0 Å². The highest BCUT2D eigenvalue weighted by Crippen LogP contribution is 2.31. The van der Waals surface area contributed by atoms with Crippen LogP contribution in [0.15, 0.2) is 24.3 Å². The largest absolute Gasteiger partial charge is 0.494 e. The number of hydrogen-bond acceptors (Lipinski definition) is 3. The first-order chi connectivity index (χ1) is 9.02. The van der Waals surface area contributed by atoms with Gasteiger partial charge in [-0.15, -0.1) is 0 Å². The van der Waals surface area contributed by atoms with Crippen molar-refractivity contribution >= 4 is 5.97 Å². The molecule has 0 saturated carbocycles. The average molecular weight is 272 g/mol. The smallest absolute Gasteiger partial charge is 0.381 e. The van der Waals surface area contributed by atoms with Gasteiger partial charge >= 0.3 is 11.9 Å². The van der Waals surface area contributed by atoms with Gasteiger partial charge in [-0.25, -0.2) is 4.79 Å². The predicted molar refractivity (Wildman–Crippen MR) is 67.4 cm³/mol. The van der Waals surface area contributed by atoms with E-state index >= 15 is 0 Å². The van der Waals surface area contributed by atoms with Crippen molar-refractivity contribution in [2.24, 2.45) is 0 Å². The maximum absolute atomic E-state index is 13.8. The number of unbranched alkanes of at least 4 members (excludes halogenated alkanes) is 1. The zero-order chi connectivity index (χ0) is 14.3. The summed E-state index contributed by atoms with van der Waals surface area (Å²) in [7, 11) is 0. The zero-order valence-electron chi connectivity index (χ0n) is 11.1. The van der Waals surface area contributed by atoms with E-state index in [4.69, 9.17) is 4.74 Å². The summed E-state index contributed by atoms with van der Waals surface area (Å²) < 4.78 is 37.3. The first-order valence-corrected chi connectivity index (χ1v) is 6.30. The maximum atomic E-state index is 13.8. The number of rotatable bonds is 7. The van der Waals surface area contributed by atoms with Crippen LogP contribution in [0.25, 0.3) is 0 Å². The standard InChI is InChI=1S/C14H18F2O3/c1-3-5-9-19-12-8-6-7-11(10-12)14(15,16)13(17)18-4-2/h6-8,10H,3-5,9H2,1-2H3. The first-order valence-electron chi connectivity index (χ1n) is 6.30. The lowest BCUT2D eigenvalue weighted by Crippen LogP contribution is -2.28. The number of benzene rings is 1. The third-order valence-electron chi connectivity index (χ3n) is 2.50. The summed E-state index contributed by atoms with van der Waals surface area (Å²) in [4.78, 5) is 11.2. The number of alkyl halides is 2. The van der Waals surface area contributed by atoms with Crippen LogP contribution < -0.4 is 4.74 Å². The molecule has 0 heterocycles. The Balaban J connectivity index is 2.82. The highest BCUT2D eigenvalue weighted by molar-refractivity contribution is 5.79. The highest BCUT2D eigenvalue weighted by atomic mass is 19.3. The molecule has 0 fully saturated rings. The molecule has 0 aliphatic heterocycles. The molecule has 1 aromatic rings. The molecule has 5 heteroatoms. The highest BCUT2D eigenvalue weighted by Gasteiger charge is 2.42. The van der Waals surface area contributed by atoms with E-state index in [0.29, 0.717) is 12.4 Å². The molecule has 0 aliphatic rings. The molecule has 19 heavy (non-hydrogen) atoms. The Morgan fingerprint density at radius 1 is 1.32 bits per heavy atom. The molecule has 1 aromatic carbocycles. The summed E-state index contributed by atoms with van der Waals surface area (Å²) in [6.07, 6.45) is 1.80. The number of esters is 1. The monoisotopic (exact) mass is 272 g/mol. The Bertz CT molecular complexity index is 419. The Labute approximate surface area is 111 Å². The summed E-state index contributed by atoms with van der Waals surface area (Å²) >= 11 is 0. The van der Waals surface area contributed by atoms with Gasteiger partial charge in [-0.2, -0.15) is 8.78 Å². The number of hydrogen-bond donors (Lipinski definition) is 0. The van der Waals surface area contributed by atoms with Gasteiger partial charge in [0.25, 0.3) is 0 Å². The van der Waals surface area contributed by atoms with Crippen molar-refractivity contribution < 1.29 is 23.0 Å². The van der Waals surface area contributed by atoms with E-state index < -0.39 is 17.5 Å². The summed E-state index contributed by atoms with van der Waals surface area (Å²) in [6.45, 7) is 3.87. The van der Waals surface area contributed by atoms with E-state index in [9.17, 15) is 13.6 Å². The molecule has 106 valence electrons. The molecular weight excluding hydrogens is 254 g/mol. The van der Waals surface area contributed by atoms with Crippen molar-refractivity contribution in [3.8, 4) is 5.75 Å². The minimum atomic E-state index is -3.65. The zero-order valence-corrected chi connectivity index (χ0v) is 11.1. The minimum absolute atomic E-state index is 0.0822. The predicted octanol–water partition coefficient (Wildman–Crippen LogP) is 3.52. The second-order valence-electron chi connectivity index (χ2n) is 4.02. The van der Waals surface area contributed by atoms with Crippen LogP contribution in [0.3, 0.4) is 0 Å². The second-order valence-corrected chi connectivity index (χ2v) is 4.02. The topological polar surface area (TPSA) is 35.5 Å². The number of halogens is 2. The summed E-state index contributed by atoms with van der Waals surface area (Å²) in [5.41, 5.74) is -0.417. The van der Waals surface area contributed by atoms with Gasteiger partial charge in [0.15, 0.2) is 0 Å². The molecule has 0 N–H and O–H groups in total. The summed E-state index contributed by atoms with van der Waals surface area (Å²) in [5.74, 6) is -4.87. The fraction of sp³-hybridized carbons (Fsp3) is 0.500. The van der Waals surface area contributed by atoms with Crippen molar-refractivity contribution in [1.82, 2.24) is 0 Å². The van der Waals surface area contributed by atoms with E-state index in [2.05, 4.69) is 4.74 Å². The van der Waals surface area contributed by atoms with Gasteiger partial charge in [-0.3, -0.25) is 0 Å². The third-order valence-corrected chi connectivity index (χ3v) is 2.50. The third kappa shape index (κ3) is 4.19. The number of carbonyl (C=O) groups is 1. The van der Waals surface area contributed by atoms with E-state index in [1.165, 1.54) is 25.1 Å². The molecule has 0 radical (unpaired) electrons. The Hall–Kier alpha value is -1.65. The van der Waals surface area contributed by atoms with E-state index in [0.717, 1.165) is 12.8 Å². The van der Waals surface area contributed by atoms with Crippen LogP contribution in [0.1, 0.15) is 32.3 Å². The fourth-order valence-corrected chi connectivity index (χ4v) is 1.46. The van der Waals surface area contributed by atoms with Crippen LogP contribution in [0.5, 0.6) is 5.75 Å². The molecular formula is C14H18F2O3. The van der Waals surface area contributed by atoms with Gasteiger partial charge < -0.3 is 9.47 Å². The summed E-state index contributed by atoms with van der Waals surface area (Å²) in [6, 6.07) is 5.38. The molecule has 0 atom stereocenters. The molecule has 0 bridgehead atoms. The normalized spacial score (nSPS) is 11.2. The Kier molecular flexibility index (Phi) is 5.73. The van der Waals surface area contributed by atoms with Crippen LogP contribution in [-0.2, 0) is 15.5 Å². The van der Waals surface area contributed by atoms with Gasteiger partial charge in [0.05, 0.1) is 13.2 Å². The van der Waals surface area contributed by atoms with Crippen molar-refractivity contribution in [1.29, 1.82) is 0 Å². The molecule has 0 saturated heterocycles. The van der Waals surface area contributed by atoms with Gasteiger partial charge in [-0.1, -0.05) is 25.5 Å². The Morgan fingerprint density at radius 2 is 2.05 bits per heavy atom. The van der Waals surface area contributed by atoms with Crippen molar-refractivity contribution in [2.45, 2.75) is 32.6 Å². The first kappa shape index (κ1) is 15.4. The lowest BCUT2D eigenvalue weighted by Gasteiger charge is -2.16. The van der Waals surface area contributed by atoms with Gasteiger partial charge in [0, 0.05) is 5.56 Å². The second kappa shape index (κ2) is 7.07. The molecule has 0 unspecified atom stereocenters. The van der Waals surface area contributed by atoms with E-state index in [1.54, 1.807) is 6.07 Å². The lowest BCUT2D eigenvalue weighted by atomic mass is 10.1. The molecule has 3 nitrogen and oxygen atoms in total. The Morgan fingerprint density at radius 3 is 2.68 bits per heavy atom. The van der Waals surface area contributed by atoms with Crippen molar-refractivity contribution in [2.75, 3.05) is 13.2 Å². The quantitative estimate of drug-likeness (QED) is 0.562. The van der Waals surface area contributed by atoms with E-state index in [-0.39, 0.29) is 6.61 Å².